The summed E-state index contributed by atoms with van der Waals surface area (Å²) in [7, 11) is 14.0. The maximum absolute atomic E-state index is 5.64. The van der Waals surface area contributed by atoms with Gasteiger partial charge in [-0.15, -0.1) is 22.7 Å². The lowest BCUT2D eigenvalue weighted by Crippen LogP contribution is -1.97. The van der Waals surface area contributed by atoms with E-state index in [1.54, 1.807) is 31.5 Å². The summed E-state index contributed by atoms with van der Waals surface area (Å²) in [5, 5.41) is 7.57. The number of anilines is 3. The van der Waals surface area contributed by atoms with E-state index >= 15 is 0 Å². The van der Waals surface area contributed by atoms with Crippen molar-refractivity contribution in [1.82, 2.24) is 86.4 Å². The minimum absolute atomic E-state index is 0. The summed E-state index contributed by atoms with van der Waals surface area (Å²) in [6.07, 6.45) is 13.8. The lowest BCUT2D eigenvalue weighted by Gasteiger charge is -1.97. The van der Waals surface area contributed by atoms with Crippen LogP contribution in [-0.2, 0) is 49.3 Å². The number of benzene rings is 3. The largest absolute Gasteiger partial charge is 0.466 e. The highest BCUT2D eigenvalue weighted by molar-refractivity contribution is 7.19. The van der Waals surface area contributed by atoms with E-state index in [0.29, 0.717) is 17.6 Å². The topological polar surface area (TPSA) is 288 Å². The number of oxazole rings is 2. The number of furan rings is 1. The zero-order valence-electron chi connectivity index (χ0n) is 81.2. The van der Waals surface area contributed by atoms with Gasteiger partial charge in [0.15, 0.2) is 11.8 Å². The lowest BCUT2D eigenvalue weighted by molar-refractivity contribution is 0.493. The van der Waals surface area contributed by atoms with Crippen LogP contribution >= 0.6 is 22.7 Å². The second kappa shape index (κ2) is 64.4. The zero-order valence-corrected chi connectivity index (χ0v) is 82.9. The van der Waals surface area contributed by atoms with Crippen molar-refractivity contribution in [3.8, 4) is 0 Å². The second-order valence-electron chi connectivity index (χ2n) is 31.3. The van der Waals surface area contributed by atoms with Crippen LogP contribution in [0.2, 0.25) is 0 Å². The van der Waals surface area contributed by atoms with E-state index in [1.165, 1.54) is 102 Å². The van der Waals surface area contributed by atoms with Gasteiger partial charge in [0, 0.05) is 148 Å². The molecule has 0 aliphatic rings. The smallest absolute Gasteiger partial charge is 0.218 e. The van der Waals surface area contributed by atoms with Gasteiger partial charge in [0.2, 0.25) is 5.95 Å². The highest BCUT2D eigenvalue weighted by atomic mass is 32.1. The van der Waals surface area contributed by atoms with Crippen LogP contribution in [-0.4, -0.2) is 86.4 Å². The van der Waals surface area contributed by atoms with Gasteiger partial charge in [-0.1, -0.05) is 136 Å². The zero-order chi connectivity index (χ0) is 93.7. The number of hydrogen-bond acceptors (Lipinski definition) is 17. The van der Waals surface area contributed by atoms with E-state index in [-0.39, 0.29) is 81.7 Å². The molecule has 0 atom stereocenters. The molecule has 0 aliphatic carbocycles. The molecule has 0 fully saturated rings. The first kappa shape index (κ1) is 136. The van der Waals surface area contributed by atoms with E-state index in [9.17, 15) is 0 Å². The fraction of sp³-hybridized carbons (Fsp3) is 0.427. The van der Waals surface area contributed by atoms with Gasteiger partial charge in [0.05, 0.1) is 56.4 Å². The highest BCUT2D eigenvalue weighted by Gasteiger charge is 2.08. The predicted molar refractivity (Wildman–Crippen MR) is 598 cm³/mol. The standard InChI is InChI=1S/C10H12N2.C10H10S.C8H8N2.2C8H13N.C7H7N3.C7H11N.C7H10O.2C6H10N2.2C6H9NO.C6H9NS.C4H8N4.11CH4/c1-7-5-4-6-9-10(7)11-8(2)12(9)3;1-7-8(2)11-10-6-4-3-5-9(7)10;9-7-5-10-8-4-2-1-3-6(7)8;1-6-5-9(4)8(3)7(6)2;1-6-5-7(2)9(4)8(6)3;8-6-5-10-4-2-1-3-7(10)9-6;1-6-4-7(2)8(3)5-6;1-5-4-6(2)8-7(5)3;2*1-5-4-8(3)6(2)7-5;3*1-4-5(2)8-6(3)7-4;1-3-6-4(5)8(2)7-3;;;;;;;;;;;/h4-6H,1-3H3;3-6H,1-2H3;1-5,10H,9H2;2*5H,1-4H3;1-5H,8H2;4-5H,1-3H3;3*4H,1-3H3;3*1-3H3;1-2H3,(H2,5,6,7);11*1H4. The van der Waals surface area contributed by atoms with Crippen molar-refractivity contribution in [2.24, 2.45) is 49.3 Å². The molecule has 18 aromatic rings. The van der Waals surface area contributed by atoms with Gasteiger partial charge in [0.25, 0.3) is 0 Å². The summed E-state index contributed by atoms with van der Waals surface area (Å²) < 4.78 is 32.9. The van der Waals surface area contributed by atoms with Crippen molar-refractivity contribution in [2.45, 2.75) is 282 Å². The van der Waals surface area contributed by atoms with Gasteiger partial charge >= 0.3 is 0 Å². The Bertz CT molecular complexity index is 5520. The first-order chi connectivity index (χ1) is 58.6. The van der Waals surface area contributed by atoms with Crippen LogP contribution in [0.1, 0.15) is 245 Å². The fourth-order valence-corrected chi connectivity index (χ4v) is 14.3. The van der Waals surface area contributed by atoms with Gasteiger partial charge in [-0.2, -0.15) is 10.1 Å². The molecule has 15 aromatic heterocycles. The highest BCUT2D eigenvalue weighted by Crippen LogP contribution is 2.30. The van der Waals surface area contributed by atoms with Crippen molar-refractivity contribution in [3.63, 3.8) is 0 Å². The normalized spacial score (nSPS) is 9.35. The van der Waals surface area contributed by atoms with Gasteiger partial charge in [0.1, 0.15) is 57.8 Å². The van der Waals surface area contributed by atoms with Crippen LogP contribution < -0.4 is 17.2 Å². The van der Waals surface area contributed by atoms with Crippen molar-refractivity contribution in [1.29, 1.82) is 0 Å². The molecule has 0 bridgehead atoms. The number of imidazole rings is 4. The van der Waals surface area contributed by atoms with Crippen molar-refractivity contribution >= 4 is 77.8 Å². The molecule has 758 valence electrons. The number of nitrogens with two attached hydrogens (primary N) is 3. The van der Waals surface area contributed by atoms with E-state index in [0.717, 1.165) is 103 Å². The number of nitrogens with zero attached hydrogens (tertiary/aromatic N) is 17. The Balaban J connectivity index is -0.000000262. The van der Waals surface area contributed by atoms with E-state index in [2.05, 4.69) is 239 Å². The average Bonchev–Trinajstić information content (AvgIpc) is 1.67. The maximum Gasteiger partial charge on any atom is 0.218 e. The molecule has 0 aliphatic heterocycles. The minimum atomic E-state index is 0. The van der Waals surface area contributed by atoms with Crippen molar-refractivity contribution < 1.29 is 13.3 Å². The maximum atomic E-state index is 5.64. The molecule has 7 N–H and O–H groups in total. The number of thiazole rings is 1. The van der Waals surface area contributed by atoms with Crippen LogP contribution in [0.25, 0.3) is 37.7 Å². The Morgan fingerprint density at radius 1 is 0.375 bits per heavy atom. The van der Waals surface area contributed by atoms with Gasteiger partial charge in [-0.05, 0) is 280 Å². The first-order valence-corrected chi connectivity index (χ1v) is 43.1. The number of fused-ring (bicyclic) bond motifs is 4. The third-order valence-corrected chi connectivity index (χ3v) is 23.1. The first-order valence-electron chi connectivity index (χ1n) is 41.5. The second-order valence-corrected chi connectivity index (χ2v) is 34.0. The molecule has 24 nitrogen and oxygen atoms in total. The molecule has 26 heteroatoms. The molecule has 18 rings (SSSR count). The summed E-state index contributed by atoms with van der Waals surface area (Å²) >= 11 is 3.64. The van der Waals surface area contributed by atoms with Crippen LogP contribution in [0, 0.1) is 201 Å². The summed E-state index contributed by atoms with van der Waals surface area (Å²) in [6.45, 7) is 58.9. The number of aromatic nitrogens is 18. The molecule has 0 spiro atoms. The quantitative estimate of drug-likeness (QED) is 0.110. The Morgan fingerprint density at radius 3 is 1.18 bits per heavy atom. The molecule has 0 radical (unpaired) electrons. The van der Waals surface area contributed by atoms with E-state index in [1.807, 2.05) is 230 Å². The SMILES string of the molecule is C.C.C.C.C.C.C.C.C.C.C.Cc1cc(C)c(C)o1.Cc1cc(C)n(C)c1.Cc1cc(C)n(C)c1C.Cc1cccc2c1nc(C)n2C.Cc1cn(C)c(C)c1C.Cc1cn(C)c(C)n1.Cc1cn(C)c(C)n1.Cc1nc(C)c(C)o1.Cc1nc(C)c(C)o1.Cc1nc(C)c(C)s1.Cc1nc(N)n(C)n1.Cc1sc2ccccc2c1C.Nc1c[nH]c2ccccc12.Nc1cn2ccccc2n1. The van der Waals surface area contributed by atoms with Gasteiger partial charge in [-0.3, -0.25) is 0 Å². The van der Waals surface area contributed by atoms with Gasteiger partial charge in [-0.25, -0.2) is 39.6 Å². The molecule has 0 amide bonds. The molecule has 136 heavy (non-hydrogen) atoms. The van der Waals surface area contributed by atoms with Gasteiger partial charge < -0.3 is 67.2 Å². The minimum Gasteiger partial charge on any atom is -0.466 e. The number of aromatic amines is 1. The number of thiophene rings is 1. The third kappa shape index (κ3) is 42.6. The monoisotopic (exact) mass is 1910 g/mol. The number of nitrogen functional groups attached to an aromatic ring is 3. The number of rotatable bonds is 0. The number of aryl methyl sites for hydroxylation is 32. The van der Waals surface area contributed by atoms with Crippen LogP contribution in [0.4, 0.5) is 17.5 Å². The van der Waals surface area contributed by atoms with Crippen molar-refractivity contribution in [3.05, 3.63) is 310 Å². The third-order valence-electron chi connectivity index (χ3n) is 20.9. The van der Waals surface area contributed by atoms with Crippen LogP contribution in [0.3, 0.4) is 0 Å². The molecule has 0 unspecified atom stereocenters. The Kier molecular flexibility index (Phi) is 64.7. The predicted octanol–water partition coefficient (Wildman–Crippen LogP) is 30.2. The molecule has 0 saturated carbocycles. The number of nitrogens with one attached hydrogen (secondary N) is 1. The molecular formula is C110H183N21O3S2. The molecule has 15 heterocycles. The Hall–Kier alpha value is -12.6. The van der Waals surface area contributed by atoms with Crippen molar-refractivity contribution in [2.75, 3.05) is 17.2 Å². The lowest BCUT2D eigenvalue weighted by atomic mass is 10.2. The average molecular weight is 1910 g/mol. The molecule has 3 aromatic carbocycles. The van der Waals surface area contributed by atoms with E-state index < -0.39 is 0 Å². The number of hydrogen-bond donors (Lipinski definition) is 4. The molecular weight excluding hydrogens is 1730 g/mol. The summed E-state index contributed by atoms with van der Waals surface area (Å²) in [6, 6.07) is 35.0. The molecule has 0 saturated heterocycles. The number of H-pyrrole nitrogens is 1. The summed E-state index contributed by atoms with van der Waals surface area (Å²) in [5.41, 5.74) is 41.7. The van der Waals surface area contributed by atoms with Crippen LogP contribution in [0.15, 0.2) is 160 Å². The van der Waals surface area contributed by atoms with Crippen LogP contribution in [0.5, 0.6) is 0 Å². The summed E-state index contributed by atoms with van der Waals surface area (Å²) in [4.78, 5) is 38.9. The van der Waals surface area contributed by atoms with E-state index in [4.69, 9.17) is 30.5 Å². The number of pyridine rings is 1. The fourth-order valence-electron chi connectivity index (χ4n) is 12.4. The number of para-hydroxylation sites is 2. The summed E-state index contributed by atoms with van der Waals surface area (Å²) in [5.74, 6) is 10.3. The Labute approximate surface area is 830 Å². The Morgan fingerprint density at radius 2 is 0.897 bits per heavy atom.